The number of nitrogens with two attached hydrogens (primary N) is 2. The molecule has 0 aliphatic heterocycles. The van der Waals surface area contributed by atoms with Crippen LogP contribution in [0, 0.1) is 17.8 Å². The summed E-state index contributed by atoms with van der Waals surface area (Å²) in [7, 11) is 0. The Morgan fingerprint density at radius 1 is 0.571 bits per heavy atom. The Morgan fingerprint density at radius 3 is 1.27 bits per heavy atom. The van der Waals surface area contributed by atoms with Crippen molar-refractivity contribution in [3.63, 3.8) is 0 Å². The fourth-order valence-corrected chi connectivity index (χ4v) is 4.64. The molecule has 0 unspecified atom stereocenters. The van der Waals surface area contributed by atoms with Crippen molar-refractivity contribution in [3.05, 3.63) is 0 Å². The average Bonchev–Trinajstić information content (AvgIpc) is 2.96. The summed E-state index contributed by atoms with van der Waals surface area (Å²) >= 11 is 0. The third-order valence-corrected chi connectivity index (χ3v) is 6.96. The monoisotopic (exact) mass is 699 g/mol. The van der Waals surface area contributed by atoms with Crippen molar-refractivity contribution < 1.29 is 53.4 Å². The largest absolute Gasteiger partial charge is 0.481 e. The van der Waals surface area contributed by atoms with Gasteiger partial charge in [-0.15, -0.1) is 0 Å². The second-order valence-electron chi connectivity index (χ2n) is 13.2. The summed E-state index contributed by atoms with van der Waals surface area (Å²) in [5.41, 5.74) is 10.8. The lowest BCUT2D eigenvalue weighted by molar-refractivity contribution is -0.142. The van der Waals surface area contributed by atoms with Crippen LogP contribution in [0.2, 0.25) is 0 Å². The molecule has 278 valence electrons. The fraction of sp³-hybridized carbons (Fsp3) is 0.710. The number of hydrogen-bond acceptors (Lipinski definition) is 10. The van der Waals surface area contributed by atoms with Crippen molar-refractivity contribution in [3.8, 4) is 0 Å². The van der Waals surface area contributed by atoms with E-state index in [-0.39, 0.29) is 49.9 Å². The van der Waals surface area contributed by atoms with E-state index in [9.17, 15) is 53.4 Å². The summed E-state index contributed by atoms with van der Waals surface area (Å²) in [4.78, 5) is 111. The molecule has 0 spiro atoms. The number of aliphatic carboxylic acids is 2. The summed E-state index contributed by atoms with van der Waals surface area (Å²) in [6, 6.07) is -8.09. The molecule has 0 bridgehead atoms. The molecule has 0 aliphatic rings. The molecular weight excluding hydrogens is 646 g/mol. The van der Waals surface area contributed by atoms with Crippen LogP contribution in [0.25, 0.3) is 0 Å². The molecular formula is C31H53N7O11. The van der Waals surface area contributed by atoms with Gasteiger partial charge in [0.05, 0.1) is 24.9 Å². The van der Waals surface area contributed by atoms with E-state index in [4.69, 9.17) is 11.5 Å². The van der Waals surface area contributed by atoms with Crippen molar-refractivity contribution in [2.75, 3.05) is 0 Å². The van der Waals surface area contributed by atoms with E-state index >= 15 is 0 Å². The van der Waals surface area contributed by atoms with Crippen LogP contribution >= 0.6 is 0 Å². The maximum atomic E-state index is 13.5. The maximum absolute atomic E-state index is 13.5. The molecule has 6 amide bonds. The maximum Gasteiger partial charge on any atom is 0.305 e. The molecule has 6 atom stereocenters. The third kappa shape index (κ3) is 19.1. The van der Waals surface area contributed by atoms with Gasteiger partial charge in [-0.25, -0.2) is 0 Å². The lowest BCUT2D eigenvalue weighted by Crippen LogP contribution is -2.59. The van der Waals surface area contributed by atoms with Gasteiger partial charge in [-0.2, -0.15) is 0 Å². The molecule has 0 radical (unpaired) electrons. The van der Waals surface area contributed by atoms with Gasteiger partial charge in [0, 0.05) is 6.42 Å². The minimum Gasteiger partial charge on any atom is -0.481 e. The van der Waals surface area contributed by atoms with Gasteiger partial charge in [0.1, 0.15) is 30.5 Å². The standard InChI is InChI=1S/C31H53N7O11/c1-15(2)9-18(14-39)34-28(46)22(12-25(41)42)38-30(48)21(11-17(5)6)36-29(47)20(10-16(3)4)37-31(49)23(13-26(43)44)35-27(45)19(32)7-8-24(33)40/h14-23H,7-13,32H2,1-6H3,(H2,33,40)(H,34,46)(H,35,45)(H,36,47)(H,37,49)(H,38,48)(H,41,42)(H,43,44)/t18-,19-,20-,21-,22-,23-/m0/s1. The number of rotatable bonds is 24. The Bertz CT molecular complexity index is 1190. The van der Waals surface area contributed by atoms with Crippen molar-refractivity contribution in [2.24, 2.45) is 29.2 Å². The highest BCUT2D eigenvalue weighted by Crippen LogP contribution is 2.11. The third-order valence-electron chi connectivity index (χ3n) is 6.96. The van der Waals surface area contributed by atoms with Crippen LogP contribution in [0.15, 0.2) is 0 Å². The molecule has 18 heteroatoms. The Kier molecular flexibility index (Phi) is 20.0. The molecule has 49 heavy (non-hydrogen) atoms. The summed E-state index contributed by atoms with van der Waals surface area (Å²) in [5, 5.41) is 30.7. The molecule has 0 aromatic carbocycles. The lowest BCUT2D eigenvalue weighted by atomic mass is 9.99. The number of carbonyl (C=O) groups excluding carboxylic acids is 7. The van der Waals surface area contributed by atoms with Crippen molar-refractivity contribution >= 4 is 53.7 Å². The minimum atomic E-state index is -1.66. The van der Waals surface area contributed by atoms with E-state index in [0.29, 0.717) is 6.29 Å². The van der Waals surface area contributed by atoms with Gasteiger partial charge in [-0.1, -0.05) is 41.5 Å². The van der Waals surface area contributed by atoms with Gasteiger partial charge in [0.25, 0.3) is 0 Å². The first kappa shape index (κ1) is 44.4. The highest BCUT2D eigenvalue weighted by Gasteiger charge is 2.34. The van der Waals surface area contributed by atoms with Crippen LogP contribution in [-0.2, 0) is 43.2 Å². The lowest BCUT2D eigenvalue weighted by Gasteiger charge is -2.28. The molecule has 18 nitrogen and oxygen atoms in total. The van der Waals surface area contributed by atoms with Crippen LogP contribution in [0.5, 0.6) is 0 Å². The molecule has 0 saturated heterocycles. The minimum absolute atomic E-state index is 0.0203. The Hall–Kier alpha value is -4.61. The predicted molar refractivity (Wildman–Crippen MR) is 175 cm³/mol. The summed E-state index contributed by atoms with van der Waals surface area (Å²) in [6.45, 7) is 10.6. The Morgan fingerprint density at radius 2 is 0.918 bits per heavy atom. The summed E-state index contributed by atoms with van der Waals surface area (Å²) in [5.74, 6) is -8.57. The fourth-order valence-electron chi connectivity index (χ4n) is 4.64. The normalized spacial score (nSPS) is 14.8. The van der Waals surface area contributed by atoms with Crippen molar-refractivity contribution in [1.82, 2.24) is 26.6 Å². The Balaban J connectivity index is 6.09. The van der Waals surface area contributed by atoms with E-state index in [1.54, 1.807) is 27.7 Å². The zero-order chi connectivity index (χ0) is 38.0. The second kappa shape index (κ2) is 22.1. The molecule has 0 aromatic heterocycles. The van der Waals surface area contributed by atoms with Gasteiger partial charge in [0.2, 0.25) is 35.4 Å². The van der Waals surface area contributed by atoms with Crippen LogP contribution in [-0.4, -0.2) is 100 Å². The van der Waals surface area contributed by atoms with Crippen LogP contribution in [0.4, 0.5) is 0 Å². The van der Waals surface area contributed by atoms with Gasteiger partial charge in [0.15, 0.2) is 0 Å². The van der Waals surface area contributed by atoms with Gasteiger partial charge in [-0.3, -0.25) is 38.4 Å². The predicted octanol–water partition coefficient (Wildman–Crippen LogP) is -1.71. The van der Waals surface area contributed by atoms with Gasteiger partial charge in [-0.05, 0) is 43.4 Å². The number of hydrogen-bond donors (Lipinski definition) is 9. The molecule has 0 rings (SSSR count). The van der Waals surface area contributed by atoms with E-state index < -0.39 is 96.5 Å². The number of amides is 6. The first-order chi connectivity index (χ1) is 22.7. The van der Waals surface area contributed by atoms with Gasteiger partial charge < -0.3 is 53.1 Å². The van der Waals surface area contributed by atoms with E-state index in [1.807, 2.05) is 13.8 Å². The molecule has 0 aromatic rings. The average molecular weight is 700 g/mol. The second-order valence-corrected chi connectivity index (χ2v) is 13.2. The SMILES string of the molecule is CC(C)C[C@@H](C=O)NC(=O)[C@H](CC(=O)O)NC(=O)[C@H](CC(C)C)NC(=O)[C@H](CC(C)C)NC(=O)[C@H](CC(=O)O)NC(=O)[C@@H](N)CCC(N)=O. The van der Waals surface area contributed by atoms with E-state index in [1.165, 1.54) is 0 Å². The number of carbonyl (C=O) groups is 9. The first-order valence-electron chi connectivity index (χ1n) is 16.1. The van der Waals surface area contributed by atoms with Crippen LogP contribution < -0.4 is 38.1 Å². The topological polar surface area (TPSA) is 306 Å². The van der Waals surface area contributed by atoms with E-state index in [2.05, 4.69) is 26.6 Å². The number of primary amides is 1. The zero-order valence-corrected chi connectivity index (χ0v) is 28.9. The van der Waals surface area contributed by atoms with Crippen molar-refractivity contribution in [2.45, 2.75) is 123 Å². The zero-order valence-electron chi connectivity index (χ0n) is 28.9. The highest BCUT2D eigenvalue weighted by molar-refractivity contribution is 5.97. The van der Waals surface area contributed by atoms with E-state index in [0.717, 1.165) is 0 Å². The highest BCUT2D eigenvalue weighted by atomic mass is 16.4. The molecule has 0 heterocycles. The Labute approximate surface area is 285 Å². The smallest absolute Gasteiger partial charge is 0.305 e. The van der Waals surface area contributed by atoms with Crippen molar-refractivity contribution in [1.29, 1.82) is 0 Å². The summed E-state index contributed by atoms with van der Waals surface area (Å²) in [6.07, 6.45) is -1.24. The number of carboxylic acid groups (broad SMARTS) is 2. The number of aldehydes is 1. The molecule has 0 saturated carbocycles. The molecule has 0 fully saturated rings. The van der Waals surface area contributed by atoms with Crippen LogP contribution in [0.1, 0.15) is 86.5 Å². The first-order valence-corrected chi connectivity index (χ1v) is 16.1. The molecule has 0 aliphatic carbocycles. The van der Waals surface area contributed by atoms with Crippen LogP contribution in [0.3, 0.4) is 0 Å². The number of nitrogens with one attached hydrogen (secondary N) is 5. The van der Waals surface area contributed by atoms with Gasteiger partial charge >= 0.3 is 11.9 Å². The quantitative estimate of drug-likeness (QED) is 0.0509. The molecule has 11 N–H and O–H groups in total. The summed E-state index contributed by atoms with van der Waals surface area (Å²) < 4.78 is 0. The number of carboxylic acids is 2.